The van der Waals surface area contributed by atoms with E-state index in [0.717, 1.165) is 81.5 Å². The van der Waals surface area contributed by atoms with Crippen molar-refractivity contribution in [3.8, 4) is 22.4 Å². The number of aliphatic imine (C=N–C) groups is 1. The lowest BCUT2D eigenvalue weighted by molar-refractivity contribution is -0.148. The number of carbonyl (C=O) groups excluding carboxylic acids is 4. The predicted octanol–water partition coefficient (Wildman–Crippen LogP) is 7.95. The molecule has 4 atom stereocenters. The van der Waals surface area contributed by atoms with Crippen LogP contribution in [0.25, 0.3) is 38.7 Å². The van der Waals surface area contributed by atoms with Gasteiger partial charge in [0.2, 0.25) is 11.8 Å². The Bertz CT molecular complexity index is 2240. The summed E-state index contributed by atoms with van der Waals surface area (Å²) < 4.78 is 9.65. The molecule has 0 spiro atoms. The van der Waals surface area contributed by atoms with Crippen LogP contribution in [0.4, 0.5) is 4.79 Å². The van der Waals surface area contributed by atoms with Crippen LogP contribution in [0.1, 0.15) is 83.6 Å². The molecule has 3 aliphatic rings. The average Bonchev–Trinajstić information content (AvgIpc) is 4.07. The average molecular weight is 787 g/mol. The van der Waals surface area contributed by atoms with Crippen LogP contribution in [-0.2, 0) is 23.9 Å². The highest BCUT2D eigenvalue weighted by Gasteiger charge is 2.39. The number of nitrogens with zero attached hydrogens (tertiary/aromatic N) is 4. The zero-order valence-electron chi connectivity index (χ0n) is 34.3. The molecule has 0 radical (unpaired) electrons. The van der Waals surface area contributed by atoms with E-state index in [2.05, 4.69) is 71.0 Å². The van der Waals surface area contributed by atoms with Crippen molar-refractivity contribution in [1.29, 1.82) is 0 Å². The number of hydrogen-bond donors (Lipinski definition) is 2. The number of fused-ring (bicyclic) bond motifs is 1. The van der Waals surface area contributed by atoms with Crippen molar-refractivity contribution in [2.45, 2.75) is 84.3 Å². The van der Waals surface area contributed by atoms with Gasteiger partial charge in [0, 0.05) is 31.4 Å². The van der Waals surface area contributed by atoms with E-state index in [4.69, 9.17) is 19.5 Å². The number of allylic oxidation sites excluding steroid dienone is 1. The monoisotopic (exact) mass is 786 g/mol. The minimum absolute atomic E-state index is 0.0134. The number of esters is 1. The van der Waals surface area contributed by atoms with E-state index in [-0.39, 0.29) is 48.1 Å². The molecule has 3 amide bonds. The van der Waals surface area contributed by atoms with E-state index >= 15 is 0 Å². The maximum Gasteiger partial charge on any atom is 0.407 e. The van der Waals surface area contributed by atoms with Gasteiger partial charge in [-0.25, -0.2) is 9.78 Å². The number of alkyl carbamates (subject to hydrolysis) is 1. The lowest BCUT2D eigenvalue weighted by Gasteiger charge is -2.30. The molecule has 4 heterocycles. The Balaban J connectivity index is 0.995. The van der Waals surface area contributed by atoms with Crippen molar-refractivity contribution in [2.75, 3.05) is 27.3 Å². The van der Waals surface area contributed by atoms with Crippen LogP contribution in [0.2, 0.25) is 0 Å². The third kappa shape index (κ3) is 8.42. The van der Waals surface area contributed by atoms with Gasteiger partial charge in [-0.05, 0) is 88.3 Å². The molecule has 3 aromatic carbocycles. The number of imidazole rings is 1. The minimum Gasteiger partial charge on any atom is -0.469 e. The van der Waals surface area contributed by atoms with E-state index in [9.17, 15) is 19.2 Å². The molecule has 0 bridgehead atoms. The SMILES string of the molecule is COC(=O)C[C@H](C(=O)N1CCC[C@H]1C1=NC=C(c2ccc3cc(-c4ccc(-c5cnc([C@@H]6CCCN6C(=O)[C@@H](NC(=O)OC)C(C)C)[nH]5)cc4)ccc3c2)C1)C(C)C. The molecule has 0 saturated carbocycles. The zero-order valence-corrected chi connectivity index (χ0v) is 34.3. The molecule has 12 nitrogen and oxygen atoms in total. The fourth-order valence-corrected chi connectivity index (χ4v) is 8.60. The van der Waals surface area contributed by atoms with Gasteiger partial charge in [-0.3, -0.25) is 19.4 Å². The Morgan fingerprint density at radius 3 is 2.05 bits per heavy atom. The van der Waals surface area contributed by atoms with Crippen LogP contribution >= 0.6 is 0 Å². The Morgan fingerprint density at radius 1 is 0.776 bits per heavy atom. The van der Waals surface area contributed by atoms with Crippen LogP contribution in [0, 0.1) is 17.8 Å². The molecular weight excluding hydrogens is 733 g/mol. The van der Waals surface area contributed by atoms with Gasteiger partial charge in [-0.1, -0.05) is 76.2 Å². The number of aromatic nitrogens is 2. The molecule has 2 N–H and O–H groups in total. The summed E-state index contributed by atoms with van der Waals surface area (Å²) in [5.41, 5.74) is 7.33. The van der Waals surface area contributed by atoms with Gasteiger partial charge >= 0.3 is 12.1 Å². The van der Waals surface area contributed by atoms with Gasteiger partial charge in [0.15, 0.2) is 0 Å². The molecule has 2 fully saturated rings. The Kier molecular flexibility index (Phi) is 12.1. The topological polar surface area (TPSA) is 146 Å². The lowest BCUT2D eigenvalue weighted by Crippen LogP contribution is -2.51. The number of benzene rings is 3. The summed E-state index contributed by atoms with van der Waals surface area (Å²) in [7, 11) is 2.66. The summed E-state index contributed by atoms with van der Waals surface area (Å²) in [6.45, 7) is 9.05. The van der Waals surface area contributed by atoms with Crippen molar-refractivity contribution in [2.24, 2.45) is 22.7 Å². The van der Waals surface area contributed by atoms with Crippen molar-refractivity contribution >= 4 is 45.9 Å². The molecule has 304 valence electrons. The fourth-order valence-electron chi connectivity index (χ4n) is 8.60. The van der Waals surface area contributed by atoms with Crippen LogP contribution in [0.15, 0.2) is 78.1 Å². The number of carbonyl (C=O) groups is 4. The van der Waals surface area contributed by atoms with Crippen LogP contribution in [0.5, 0.6) is 0 Å². The number of ether oxygens (including phenoxy) is 2. The number of rotatable bonds is 12. The van der Waals surface area contributed by atoms with E-state index < -0.39 is 18.1 Å². The molecule has 4 aromatic rings. The van der Waals surface area contributed by atoms with Gasteiger partial charge in [0.1, 0.15) is 11.9 Å². The fraction of sp³-hybridized carbons (Fsp3) is 0.435. The number of hydrogen-bond acceptors (Lipinski definition) is 8. The number of amides is 3. The molecule has 3 aliphatic heterocycles. The van der Waals surface area contributed by atoms with Crippen LogP contribution in [0.3, 0.4) is 0 Å². The first-order chi connectivity index (χ1) is 27.9. The second-order valence-electron chi connectivity index (χ2n) is 16.4. The smallest absolute Gasteiger partial charge is 0.407 e. The van der Waals surface area contributed by atoms with Crippen LogP contribution < -0.4 is 5.32 Å². The van der Waals surface area contributed by atoms with E-state index in [1.54, 1.807) is 0 Å². The molecule has 0 aliphatic carbocycles. The molecule has 1 aromatic heterocycles. The van der Waals surface area contributed by atoms with Crippen molar-refractivity contribution < 1.29 is 28.7 Å². The normalized spacial score (nSPS) is 19.0. The number of aromatic amines is 1. The van der Waals surface area contributed by atoms with E-state index in [0.29, 0.717) is 19.5 Å². The summed E-state index contributed by atoms with van der Waals surface area (Å²) in [6.07, 6.45) is 7.36. The van der Waals surface area contributed by atoms with Crippen molar-refractivity contribution in [3.05, 3.63) is 84.4 Å². The number of H-pyrrole nitrogens is 1. The first-order valence-corrected chi connectivity index (χ1v) is 20.4. The van der Waals surface area contributed by atoms with E-state index in [1.165, 1.54) is 14.2 Å². The largest absolute Gasteiger partial charge is 0.469 e. The minimum atomic E-state index is -0.682. The number of nitrogens with one attached hydrogen (secondary N) is 2. The molecule has 58 heavy (non-hydrogen) atoms. The maximum absolute atomic E-state index is 13.7. The quantitative estimate of drug-likeness (QED) is 0.139. The van der Waals surface area contributed by atoms with E-state index in [1.807, 2.05) is 49.9 Å². The summed E-state index contributed by atoms with van der Waals surface area (Å²) in [5, 5.41) is 4.98. The molecular formula is C46H54N6O6. The molecule has 2 saturated heterocycles. The molecule has 7 rings (SSSR count). The van der Waals surface area contributed by atoms with Crippen molar-refractivity contribution in [3.63, 3.8) is 0 Å². The standard InChI is InChI=1S/C46H54N6O6/c1-27(2)36(24-41(53)57-5)44(54)51-19-7-9-39(51)37-23-35(25-47-37)34-18-17-32-21-31(15-16-33(32)22-34)29-11-13-30(14-12-29)38-26-48-43(49-38)40-10-8-20-52(40)45(55)42(28(3)4)50-46(56)58-6/h11-18,21-22,25-28,36,39-40,42H,7-10,19-20,23-24H2,1-6H3,(H,48,49)(H,50,56)/t36-,39-,40-,42-/m0/s1. The first kappa shape index (κ1) is 40.4. The Hall–Kier alpha value is -5.78. The van der Waals surface area contributed by atoms with Gasteiger partial charge in [-0.2, -0.15) is 0 Å². The molecule has 0 unspecified atom stereocenters. The van der Waals surface area contributed by atoms with Crippen LogP contribution in [-0.4, -0.2) is 88.7 Å². The van der Waals surface area contributed by atoms with Gasteiger partial charge in [-0.15, -0.1) is 0 Å². The second kappa shape index (κ2) is 17.4. The Labute approximate surface area is 340 Å². The van der Waals surface area contributed by atoms with Crippen molar-refractivity contribution in [1.82, 2.24) is 25.1 Å². The first-order valence-electron chi connectivity index (χ1n) is 20.4. The summed E-state index contributed by atoms with van der Waals surface area (Å²) in [5.74, 6) is -0.226. The molecule has 12 heteroatoms. The summed E-state index contributed by atoms with van der Waals surface area (Å²) in [4.78, 5) is 68.0. The third-order valence-electron chi connectivity index (χ3n) is 12.0. The maximum atomic E-state index is 13.7. The van der Waals surface area contributed by atoms with Gasteiger partial charge in [0.25, 0.3) is 0 Å². The Morgan fingerprint density at radius 2 is 1.40 bits per heavy atom. The highest BCUT2D eigenvalue weighted by molar-refractivity contribution is 6.04. The second-order valence-corrected chi connectivity index (χ2v) is 16.4. The third-order valence-corrected chi connectivity index (χ3v) is 12.0. The lowest BCUT2D eigenvalue weighted by atomic mass is 9.90. The zero-order chi connectivity index (χ0) is 41.1. The highest BCUT2D eigenvalue weighted by Crippen LogP contribution is 2.36. The predicted molar refractivity (Wildman–Crippen MR) is 225 cm³/mol. The number of methoxy groups -OCH3 is 2. The summed E-state index contributed by atoms with van der Waals surface area (Å²) in [6, 6.07) is 20.5. The highest BCUT2D eigenvalue weighted by atomic mass is 16.5. The summed E-state index contributed by atoms with van der Waals surface area (Å²) >= 11 is 0. The number of likely N-dealkylation sites (tertiary alicyclic amines) is 2. The van der Waals surface area contributed by atoms with Gasteiger partial charge < -0.3 is 29.6 Å². The van der Waals surface area contributed by atoms with Gasteiger partial charge in [0.05, 0.1) is 50.5 Å².